The fourth-order valence-corrected chi connectivity index (χ4v) is 2.74. The molecule has 2 rings (SSSR count). The Kier molecular flexibility index (Phi) is 7.77. The number of allylic oxidation sites excluding steroid dienone is 5. The van der Waals surface area contributed by atoms with Gasteiger partial charge in [-0.2, -0.15) is 0 Å². The van der Waals surface area contributed by atoms with E-state index in [2.05, 4.69) is 5.32 Å². The molecule has 6 heteroatoms. The fourth-order valence-electron chi connectivity index (χ4n) is 2.74. The first-order valence-electron chi connectivity index (χ1n) is 9.14. The first-order chi connectivity index (χ1) is 13.5. The van der Waals surface area contributed by atoms with Crippen LogP contribution in [-0.2, 0) is 16.0 Å². The number of phenols is 1. The molecule has 0 aliphatic carbocycles. The summed E-state index contributed by atoms with van der Waals surface area (Å²) in [5.74, 6) is -1.22. The molecule has 0 radical (unpaired) electrons. The first kappa shape index (κ1) is 21.2. The molecule has 0 bridgehead atoms. The largest absolute Gasteiger partial charge is 0.508 e. The summed E-state index contributed by atoms with van der Waals surface area (Å²) in [6.45, 7) is 2.07. The van der Waals surface area contributed by atoms with E-state index in [1.807, 2.05) is 13.0 Å². The monoisotopic (exact) mass is 383 g/mol. The molecule has 4 N–H and O–H groups in total. The number of carbonyl (C=O) groups excluding carboxylic acids is 2. The lowest BCUT2D eigenvalue weighted by Crippen LogP contribution is -2.31. The number of aliphatic hydroxyl groups excluding tert-OH is 2. The lowest BCUT2D eigenvalue weighted by Gasteiger charge is -2.07. The predicted octanol–water partition coefficient (Wildman–Crippen LogP) is 2.50. The van der Waals surface area contributed by atoms with Crippen LogP contribution in [0.1, 0.15) is 18.9 Å². The third kappa shape index (κ3) is 5.69. The minimum Gasteiger partial charge on any atom is -0.508 e. The standard InChI is InChI=1S/C22H25NO5/c1-2-15(14-24)7-5-3-4-6-8-19(26)20-21(27)18(23-22(20)28)13-16-9-11-17(25)12-10-16/h3-12,15,18,24-26H,2,13-14H2,1H3,(H,23,28)/b4-3+,7-5+,8-6+,20-19+/t15-,18-/m1/s1. The van der Waals surface area contributed by atoms with E-state index in [9.17, 15) is 19.8 Å². The number of aliphatic hydroxyl groups is 2. The van der Waals surface area contributed by atoms with Gasteiger partial charge in [0.2, 0.25) is 0 Å². The first-order valence-corrected chi connectivity index (χ1v) is 9.14. The third-order valence-electron chi connectivity index (χ3n) is 4.46. The lowest BCUT2D eigenvalue weighted by atomic mass is 10.0. The Morgan fingerprint density at radius 3 is 2.46 bits per heavy atom. The number of amides is 1. The number of carbonyl (C=O) groups is 2. The van der Waals surface area contributed by atoms with Gasteiger partial charge in [-0.25, -0.2) is 0 Å². The molecule has 1 fully saturated rings. The van der Waals surface area contributed by atoms with Crippen LogP contribution in [0.15, 0.2) is 72.1 Å². The zero-order valence-corrected chi connectivity index (χ0v) is 15.7. The van der Waals surface area contributed by atoms with Gasteiger partial charge in [-0.1, -0.05) is 49.4 Å². The highest BCUT2D eigenvalue weighted by molar-refractivity contribution is 6.27. The number of hydrogen-bond acceptors (Lipinski definition) is 5. The van der Waals surface area contributed by atoms with Gasteiger partial charge in [0.05, 0.1) is 6.04 Å². The van der Waals surface area contributed by atoms with E-state index in [0.717, 1.165) is 12.0 Å². The molecule has 6 nitrogen and oxygen atoms in total. The summed E-state index contributed by atoms with van der Waals surface area (Å²) >= 11 is 0. The molecule has 0 spiro atoms. The van der Waals surface area contributed by atoms with Gasteiger partial charge in [-0.3, -0.25) is 9.59 Å². The summed E-state index contributed by atoms with van der Waals surface area (Å²) < 4.78 is 0. The summed E-state index contributed by atoms with van der Waals surface area (Å²) in [6, 6.07) is 5.63. The Bertz CT molecular complexity index is 814. The van der Waals surface area contributed by atoms with Crippen LogP contribution in [-0.4, -0.2) is 39.7 Å². The molecular formula is C22H25NO5. The molecule has 1 heterocycles. The molecule has 1 aliphatic rings. The van der Waals surface area contributed by atoms with E-state index in [0.29, 0.717) is 0 Å². The van der Waals surface area contributed by atoms with E-state index in [1.165, 1.54) is 24.3 Å². The molecule has 1 saturated heterocycles. The van der Waals surface area contributed by atoms with Crippen LogP contribution in [0.4, 0.5) is 0 Å². The molecule has 2 atom stereocenters. The summed E-state index contributed by atoms with van der Waals surface area (Å²) in [7, 11) is 0. The molecular weight excluding hydrogens is 358 g/mol. The van der Waals surface area contributed by atoms with Gasteiger partial charge < -0.3 is 20.6 Å². The van der Waals surface area contributed by atoms with Gasteiger partial charge in [0.15, 0.2) is 5.78 Å². The topological polar surface area (TPSA) is 107 Å². The molecule has 1 aromatic rings. The summed E-state index contributed by atoms with van der Waals surface area (Å²) in [6.07, 6.45) is 11.0. The highest BCUT2D eigenvalue weighted by atomic mass is 16.3. The number of ketones is 1. The fraction of sp³-hybridized carbons (Fsp3) is 0.273. The van der Waals surface area contributed by atoms with Crippen LogP contribution in [0, 0.1) is 5.92 Å². The molecule has 148 valence electrons. The van der Waals surface area contributed by atoms with E-state index in [4.69, 9.17) is 5.11 Å². The van der Waals surface area contributed by atoms with E-state index >= 15 is 0 Å². The quantitative estimate of drug-likeness (QED) is 0.239. The van der Waals surface area contributed by atoms with E-state index < -0.39 is 17.7 Å². The van der Waals surface area contributed by atoms with Gasteiger partial charge in [0, 0.05) is 13.0 Å². The van der Waals surface area contributed by atoms with E-state index in [-0.39, 0.29) is 36.0 Å². The van der Waals surface area contributed by atoms with Crippen molar-refractivity contribution in [2.24, 2.45) is 5.92 Å². The van der Waals surface area contributed by atoms with Crippen LogP contribution < -0.4 is 5.32 Å². The van der Waals surface area contributed by atoms with Crippen LogP contribution in [0.3, 0.4) is 0 Å². The van der Waals surface area contributed by atoms with Crippen molar-refractivity contribution in [1.29, 1.82) is 0 Å². The van der Waals surface area contributed by atoms with Crippen LogP contribution in [0.2, 0.25) is 0 Å². The van der Waals surface area contributed by atoms with Crippen molar-refractivity contribution >= 4 is 11.7 Å². The van der Waals surface area contributed by atoms with Gasteiger partial charge >= 0.3 is 0 Å². The normalized spacial score (nSPS) is 20.4. The highest BCUT2D eigenvalue weighted by Crippen LogP contribution is 2.19. The summed E-state index contributed by atoms with van der Waals surface area (Å²) in [4.78, 5) is 24.5. The average molecular weight is 383 g/mol. The number of Topliss-reactive ketones (excluding diaryl/α,β-unsaturated/α-hetero) is 1. The van der Waals surface area contributed by atoms with Gasteiger partial charge in [-0.15, -0.1) is 0 Å². The molecule has 0 saturated carbocycles. The number of rotatable bonds is 8. The Balaban J connectivity index is 2.01. The third-order valence-corrected chi connectivity index (χ3v) is 4.46. The SMILES string of the molecule is CC[C@H](/C=C/C=C/C=C/C(O)=C1\C(=O)N[C@H](Cc2ccc(O)cc2)C1=O)CO. The minimum atomic E-state index is -0.745. The Labute approximate surface area is 164 Å². The number of nitrogens with one attached hydrogen (secondary N) is 1. The molecule has 28 heavy (non-hydrogen) atoms. The second-order valence-electron chi connectivity index (χ2n) is 6.50. The maximum atomic E-state index is 12.5. The van der Waals surface area contributed by atoms with Crippen molar-refractivity contribution in [3.8, 4) is 5.75 Å². The number of benzene rings is 1. The molecule has 1 amide bonds. The molecule has 0 unspecified atom stereocenters. The second-order valence-corrected chi connectivity index (χ2v) is 6.50. The number of hydrogen-bond donors (Lipinski definition) is 4. The zero-order valence-electron chi connectivity index (χ0n) is 15.7. The molecule has 1 aliphatic heterocycles. The van der Waals surface area contributed by atoms with Gasteiger partial charge in [-0.05, 0) is 36.1 Å². The second kappa shape index (κ2) is 10.3. The lowest BCUT2D eigenvalue weighted by molar-refractivity contribution is -0.117. The van der Waals surface area contributed by atoms with Crippen molar-refractivity contribution in [1.82, 2.24) is 5.32 Å². The van der Waals surface area contributed by atoms with Crippen LogP contribution in [0.5, 0.6) is 5.75 Å². The van der Waals surface area contributed by atoms with Crippen molar-refractivity contribution < 1.29 is 24.9 Å². The van der Waals surface area contributed by atoms with Crippen molar-refractivity contribution in [2.45, 2.75) is 25.8 Å². The average Bonchev–Trinajstić information content (AvgIpc) is 2.96. The highest BCUT2D eigenvalue weighted by Gasteiger charge is 2.37. The van der Waals surface area contributed by atoms with Gasteiger partial charge in [0.1, 0.15) is 17.1 Å². The minimum absolute atomic E-state index is 0.0894. The number of aromatic hydroxyl groups is 1. The Morgan fingerprint density at radius 2 is 1.82 bits per heavy atom. The maximum absolute atomic E-state index is 12.5. The zero-order chi connectivity index (χ0) is 20.5. The Hall–Kier alpha value is -3.12. The van der Waals surface area contributed by atoms with Crippen LogP contribution >= 0.6 is 0 Å². The molecule has 1 aromatic carbocycles. The van der Waals surface area contributed by atoms with Gasteiger partial charge in [0.25, 0.3) is 5.91 Å². The summed E-state index contributed by atoms with van der Waals surface area (Å²) in [5, 5.41) is 31.1. The Morgan fingerprint density at radius 1 is 1.14 bits per heavy atom. The molecule has 0 aromatic heterocycles. The van der Waals surface area contributed by atoms with Crippen molar-refractivity contribution in [3.05, 3.63) is 77.6 Å². The number of phenolic OH excluding ortho intramolecular Hbond substituents is 1. The van der Waals surface area contributed by atoms with E-state index in [1.54, 1.807) is 30.4 Å². The van der Waals surface area contributed by atoms with Crippen molar-refractivity contribution in [3.63, 3.8) is 0 Å². The predicted molar refractivity (Wildman–Crippen MR) is 107 cm³/mol. The van der Waals surface area contributed by atoms with Crippen LogP contribution in [0.25, 0.3) is 0 Å². The van der Waals surface area contributed by atoms with Crippen molar-refractivity contribution in [2.75, 3.05) is 6.61 Å². The summed E-state index contributed by atoms with van der Waals surface area (Å²) in [5.41, 5.74) is 0.533. The maximum Gasteiger partial charge on any atom is 0.259 e. The smallest absolute Gasteiger partial charge is 0.259 e.